The van der Waals surface area contributed by atoms with Gasteiger partial charge < -0.3 is 10.1 Å². The number of hydrogen-bond donors (Lipinski definition) is 2. The number of carbonyl (C=O) groups is 1. The molecule has 0 radical (unpaired) electrons. The van der Waals surface area contributed by atoms with Crippen molar-refractivity contribution in [3.63, 3.8) is 0 Å². The highest BCUT2D eigenvalue weighted by molar-refractivity contribution is 5.93. The first-order valence-corrected chi connectivity index (χ1v) is 6.42. The van der Waals surface area contributed by atoms with Gasteiger partial charge in [0.2, 0.25) is 0 Å². The van der Waals surface area contributed by atoms with Crippen molar-refractivity contribution in [2.24, 2.45) is 0 Å². The van der Waals surface area contributed by atoms with Crippen LogP contribution in [0.25, 0.3) is 11.0 Å². The Balaban J connectivity index is 2.02. The predicted octanol–water partition coefficient (Wildman–Crippen LogP) is 1.21. The number of nitrogens with zero attached hydrogens (tertiary/aromatic N) is 2. The molecule has 0 unspecified atom stereocenters. The number of methoxy groups -OCH3 is 1. The number of aromatic amines is 1. The van der Waals surface area contributed by atoms with Crippen molar-refractivity contribution in [3.8, 4) is 0 Å². The van der Waals surface area contributed by atoms with Crippen LogP contribution >= 0.6 is 0 Å². The Morgan fingerprint density at radius 3 is 2.95 bits per heavy atom. The predicted molar refractivity (Wildman–Crippen MR) is 70.1 cm³/mol. The van der Waals surface area contributed by atoms with Crippen LogP contribution in [0.2, 0.25) is 0 Å². The highest BCUT2D eigenvalue weighted by Crippen LogP contribution is 2.29. The van der Waals surface area contributed by atoms with Gasteiger partial charge in [-0.25, -0.2) is 9.78 Å². The van der Waals surface area contributed by atoms with Crippen LogP contribution in [0.3, 0.4) is 0 Å². The van der Waals surface area contributed by atoms with Gasteiger partial charge in [-0.05, 0) is 32.0 Å². The molecule has 0 amide bonds. The van der Waals surface area contributed by atoms with Gasteiger partial charge >= 0.3 is 5.97 Å². The molecular formula is C13H16N4O2. The van der Waals surface area contributed by atoms with Crippen molar-refractivity contribution < 1.29 is 9.53 Å². The lowest BCUT2D eigenvalue weighted by Crippen LogP contribution is -2.26. The molecule has 0 aliphatic carbocycles. The molecule has 2 aromatic heterocycles. The molecular weight excluding hydrogens is 244 g/mol. The molecule has 3 rings (SSSR count). The fourth-order valence-electron chi connectivity index (χ4n) is 2.57. The lowest BCUT2D eigenvalue weighted by molar-refractivity contribution is 0.0600. The van der Waals surface area contributed by atoms with Crippen LogP contribution in [0.1, 0.15) is 34.8 Å². The summed E-state index contributed by atoms with van der Waals surface area (Å²) >= 11 is 0. The third-order valence-corrected chi connectivity index (χ3v) is 3.61. The van der Waals surface area contributed by atoms with E-state index in [1.165, 1.54) is 13.3 Å². The van der Waals surface area contributed by atoms with E-state index in [4.69, 9.17) is 4.74 Å². The van der Waals surface area contributed by atoms with E-state index in [2.05, 4.69) is 20.5 Å². The molecule has 1 aliphatic rings. The quantitative estimate of drug-likeness (QED) is 0.793. The second-order valence-electron chi connectivity index (χ2n) is 4.75. The smallest absolute Gasteiger partial charge is 0.339 e. The van der Waals surface area contributed by atoms with Crippen LogP contribution in [-0.4, -0.2) is 41.3 Å². The first-order valence-electron chi connectivity index (χ1n) is 6.42. The molecule has 0 atom stereocenters. The fraction of sp³-hybridized carbons (Fsp3) is 0.462. The van der Waals surface area contributed by atoms with E-state index in [9.17, 15) is 4.79 Å². The Morgan fingerprint density at radius 2 is 2.21 bits per heavy atom. The molecule has 1 fully saturated rings. The molecule has 19 heavy (non-hydrogen) atoms. The molecule has 0 bridgehead atoms. The average Bonchev–Trinajstić information content (AvgIpc) is 2.90. The number of piperidine rings is 1. The molecule has 1 aliphatic heterocycles. The largest absolute Gasteiger partial charge is 0.465 e. The van der Waals surface area contributed by atoms with Crippen LogP contribution in [-0.2, 0) is 4.74 Å². The maximum absolute atomic E-state index is 11.6. The molecule has 3 heterocycles. The number of hydrogen-bond acceptors (Lipinski definition) is 5. The minimum Gasteiger partial charge on any atom is -0.465 e. The van der Waals surface area contributed by atoms with E-state index in [0.29, 0.717) is 17.1 Å². The minimum absolute atomic E-state index is 0.369. The Morgan fingerprint density at radius 1 is 1.42 bits per heavy atom. The lowest BCUT2D eigenvalue weighted by atomic mass is 9.93. The van der Waals surface area contributed by atoms with Gasteiger partial charge in [0, 0.05) is 23.2 Å². The summed E-state index contributed by atoms with van der Waals surface area (Å²) in [5.41, 5.74) is 2.20. The second-order valence-corrected chi connectivity index (χ2v) is 4.75. The van der Waals surface area contributed by atoms with E-state index < -0.39 is 0 Å². The van der Waals surface area contributed by atoms with Gasteiger partial charge in [0.1, 0.15) is 0 Å². The molecule has 0 saturated carbocycles. The minimum atomic E-state index is -0.369. The standard InChI is InChI=1S/C13H16N4O2/c1-19-13(18)9-6-10-11(8-2-4-14-5-3-8)16-17-12(10)15-7-9/h6-8,14H,2-5H2,1H3,(H,15,16,17). The van der Waals surface area contributed by atoms with Gasteiger partial charge in [0.25, 0.3) is 0 Å². The van der Waals surface area contributed by atoms with Crippen molar-refractivity contribution in [1.29, 1.82) is 0 Å². The van der Waals surface area contributed by atoms with E-state index >= 15 is 0 Å². The summed E-state index contributed by atoms with van der Waals surface area (Å²) in [6, 6.07) is 1.81. The number of aromatic nitrogens is 3. The number of carbonyl (C=O) groups excluding carboxylic acids is 1. The number of pyridine rings is 1. The van der Waals surface area contributed by atoms with Crippen LogP contribution < -0.4 is 5.32 Å². The summed E-state index contributed by atoms with van der Waals surface area (Å²) in [5.74, 6) is 0.0767. The summed E-state index contributed by atoms with van der Waals surface area (Å²) in [7, 11) is 1.37. The van der Waals surface area contributed by atoms with Crippen LogP contribution in [0.5, 0.6) is 0 Å². The van der Waals surface area contributed by atoms with Gasteiger partial charge in [0.05, 0.1) is 12.7 Å². The summed E-state index contributed by atoms with van der Waals surface area (Å²) in [5, 5.41) is 11.6. The van der Waals surface area contributed by atoms with E-state index in [1.54, 1.807) is 0 Å². The monoisotopic (exact) mass is 260 g/mol. The molecule has 0 aromatic carbocycles. The third-order valence-electron chi connectivity index (χ3n) is 3.61. The van der Waals surface area contributed by atoms with Gasteiger partial charge in [-0.15, -0.1) is 0 Å². The first kappa shape index (κ1) is 12.1. The Hall–Kier alpha value is -1.95. The lowest BCUT2D eigenvalue weighted by Gasteiger charge is -2.21. The highest BCUT2D eigenvalue weighted by atomic mass is 16.5. The number of H-pyrrole nitrogens is 1. The van der Waals surface area contributed by atoms with Crippen molar-refractivity contribution >= 4 is 17.0 Å². The number of ether oxygens (including phenoxy) is 1. The van der Waals surface area contributed by atoms with Gasteiger partial charge in [-0.2, -0.15) is 5.10 Å². The zero-order valence-electron chi connectivity index (χ0n) is 10.8. The molecule has 2 N–H and O–H groups in total. The second kappa shape index (κ2) is 4.97. The Labute approximate surface area is 110 Å². The Kier molecular flexibility index (Phi) is 3.16. The van der Waals surface area contributed by atoms with E-state index in [-0.39, 0.29) is 5.97 Å². The molecule has 2 aromatic rings. The van der Waals surface area contributed by atoms with E-state index in [0.717, 1.165) is 37.0 Å². The Bertz CT molecular complexity index is 602. The molecule has 1 saturated heterocycles. The zero-order chi connectivity index (χ0) is 13.2. The zero-order valence-corrected chi connectivity index (χ0v) is 10.8. The number of rotatable bonds is 2. The normalized spacial score (nSPS) is 16.7. The SMILES string of the molecule is COC(=O)c1cnc2n[nH]c(C3CCNCC3)c2c1. The molecule has 100 valence electrons. The first-order chi connectivity index (χ1) is 9.29. The number of esters is 1. The molecule has 6 heteroatoms. The van der Waals surface area contributed by atoms with Crippen molar-refractivity contribution in [3.05, 3.63) is 23.5 Å². The number of fused-ring (bicyclic) bond motifs is 1. The third kappa shape index (κ3) is 2.19. The van der Waals surface area contributed by atoms with Crippen molar-refractivity contribution in [2.75, 3.05) is 20.2 Å². The summed E-state index contributed by atoms with van der Waals surface area (Å²) in [6.45, 7) is 2.02. The molecule has 0 spiro atoms. The van der Waals surface area contributed by atoms with Gasteiger partial charge in [-0.3, -0.25) is 5.10 Å². The summed E-state index contributed by atoms with van der Waals surface area (Å²) in [6.07, 6.45) is 3.64. The van der Waals surface area contributed by atoms with Crippen LogP contribution in [0.15, 0.2) is 12.3 Å². The topological polar surface area (TPSA) is 79.9 Å². The maximum atomic E-state index is 11.6. The fourth-order valence-corrected chi connectivity index (χ4v) is 2.57. The average molecular weight is 260 g/mol. The van der Waals surface area contributed by atoms with E-state index in [1.807, 2.05) is 6.07 Å². The van der Waals surface area contributed by atoms with Crippen LogP contribution in [0, 0.1) is 0 Å². The summed E-state index contributed by atoms with van der Waals surface area (Å²) in [4.78, 5) is 15.8. The highest BCUT2D eigenvalue weighted by Gasteiger charge is 2.21. The van der Waals surface area contributed by atoms with Crippen molar-refractivity contribution in [1.82, 2.24) is 20.5 Å². The summed E-state index contributed by atoms with van der Waals surface area (Å²) < 4.78 is 4.73. The van der Waals surface area contributed by atoms with Crippen LogP contribution in [0.4, 0.5) is 0 Å². The van der Waals surface area contributed by atoms with Crippen molar-refractivity contribution in [2.45, 2.75) is 18.8 Å². The maximum Gasteiger partial charge on any atom is 0.339 e. The number of nitrogens with one attached hydrogen (secondary N) is 2. The van der Waals surface area contributed by atoms with Gasteiger partial charge in [-0.1, -0.05) is 0 Å². The van der Waals surface area contributed by atoms with Gasteiger partial charge in [0.15, 0.2) is 5.65 Å². The molecule has 6 nitrogen and oxygen atoms in total.